The van der Waals surface area contributed by atoms with Crippen LogP contribution < -0.4 is 0 Å². The first-order valence-electron chi connectivity index (χ1n) is 4.81. The zero-order valence-electron chi connectivity index (χ0n) is 8.67. The Morgan fingerprint density at radius 2 is 2.40 bits per heavy atom. The number of methoxy groups -OCH3 is 1. The van der Waals surface area contributed by atoms with Crippen molar-refractivity contribution in [3.05, 3.63) is 11.4 Å². The molecule has 1 aliphatic rings. The average molecular weight is 211 g/mol. The van der Waals surface area contributed by atoms with E-state index in [4.69, 9.17) is 9.84 Å². The van der Waals surface area contributed by atoms with Gasteiger partial charge in [-0.2, -0.15) is 0 Å². The number of hydrogen-bond donors (Lipinski definition) is 1. The summed E-state index contributed by atoms with van der Waals surface area (Å²) in [5.74, 6) is -0.509. The lowest BCUT2D eigenvalue weighted by Gasteiger charge is -2.04. The molecule has 1 aromatic rings. The average Bonchev–Trinajstić information content (AvgIpc) is 2.76. The van der Waals surface area contributed by atoms with Crippen LogP contribution in [-0.4, -0.2) is 33.2 Å². The van der Waals surface area contributed by atoms with Crippen LogP contribution in [0.25, 0.3) is 0 Å². The molecule has 2 unspecified atom stereocenters. The summed E-state index contributed by atoms with van der Waals surface area (Å²) < 4.78 is 6.64. The van der Waals surface area contributed by atoms with E-state index in [1.165, 1.54) is 7.11 Å². The van der Waals surface area contributed by atoms with E-state index >= 15 is 0 Å². The molecule has 82 valence electrons. The fourth-order valence-electron chi connectivity index (χ4n) is 1.66. The molecule has 1 fully saturated rings. The lowest BCUT2D eigenvalue weighted by molar-refractivity contribution is 0.0684. The second-order valence-corrected chi connectivity index (χ2v) is 3.85. The summed E-state index contributed by atoms with van der Waals surface area (Å²) >= 11 is 0. The van der Waals surface area contributed by atoms with Gasteiger partial charge in [0.05, 0.1) is 18.3 Å². The van der Waals surface area contributed by atoms with E-state index in [2.05, 4.69) is 17.2 Å². The molecule has 2 rings (SSSR count). The highest BCUT2D eigenvalue weighted by Crippen LogP contribution is 2.42. The molecule has 0 amide bonds. The minimum absolute atomic E-state index is 0.00375. The Bertz CT molecular complexity index is 388. The van der Waals surface area contributed by atoms with Gasteiger partial charge in [0, 0.05) is 7.11 Å². The summed E-state index contributed by atoms with van der Waals surface area (Å²) in [4.78, 5) is 10.9. The molecule has 15 heavy (non-hydrogen) atoms. The predicted octanol–water partition coefficient (Wildman–Crippen LogP) is 0.704. The smallest absolute Gasteiger partial charge is 0.358 e. The monoisotopic (exact) mass is 211 g/mol. The zero-order chi connectivity index (χ0) is 11.0. The standard InChI is InChI=1S/C9H13N3O3/c1-5-3-6(5)12-7(4-15-2)8(9(13)14)10-11-12/h5-6H,3-4H2,1-2H3,(H,13,14). The third-order valence-corrected chi connectivity index (χ3v) is 2.66. The molecule has 0 aromatic carbocycles. The summed E-state index contributed by atoms with van der Waals surface area (Å²) in [5.41, 5.74) is 0.551. The van der Waals surface area contributed by atoms with Crippen molar-refractivity contribution in [3.63, 3.8) is 0 Å². The van der Waals surface area contributed by atoms with E-state index in [1.807, 2.05) is 0 Å². The Labute approximate surface area is 86.8 Å². The SMILES string of the molecule is COCc1c(C(=O)O)nnn1C1CC1C. The van der Waals surface area contributed by atoms with Crippen molar-refractivity contribution >= 4 is 5.97 Å². The molecule has 1 heterocycles. The van der Waals surface area contributed by atoms with E-state index < -0.39 is 5.97 Å². The molecule has 0 spiro atoms. The molecule has 0 bridgehead atoms. The number of aromatic nitrogens is 3. The van der Waals surface area contributed by atoms with Crippen LogP contribution in [0, 0.1) is 5.92 Å². The number of ether oxygens (including phenoxy) is 1. The first kappa shape index (κ1) is 10.1. The van der Waals surface area contributed by atoms with Gasteiger partial charge in [0.1, 0.15) is 0 Å². The van der Waals surface area contributed by atoms with Gasteiger partial charge >= 0.3 is 5.97 Å². The lowest BCUT2D eigenvalue weighted by atomic mass is 10.3. The van der Waals surface area contributed by atoms with Crippen LogP contribution in [0.15, 0.2) is 0 Å². The maximum absolute atomic E-state index is 10.9. The van der Waals surface area contributed by atoms with Gasteiger partial charge in [-0.3, -0.25) is 0 Å². The number of carboxylic acids is 1. The molecular weight excluding hydrogens is 198 g/mol. The molecule has 1 N–H and O–H groups in total. The molecule has 0 aliphatic heterocycles. The fourth-order valence-corrected chi connectivity index (χ4v) is 1.66. The van der Waals surface area contributed by atoms with E-state index in [9.17, 15) is 4.79 Å². The molecular formula is C9H13N3O3. The van der Waals surface area contributed by atoms with Crippen LogP contribution in [0.2, 0.25) is 0 Å². The molecule has 1 saturated carbocycles. The highest BCUT2D eigenvalue weighted by Gasteiger charge is 2.38. The van der Waals surface area contributed by atoms with Gasteiger partial charge in [-0.15, -0.1) is 5.10 Å². The summed E-state index contributed by atoms with van der Waals surface area (Å²) in [6.45, 7) is 2.33. The Morgan fingerprint density at radius 3 is 2.87 bits per heavy atom. The first-order valence-corrected chi connectivity index (χ1v) is 4.81. The van der Waals surface area contributed by atoms with Gasteiger partial charge in [0.2, 0.25) is 0 Å². The van der Waals surface area contributed by atoms with Gasteiger partial charge in [-0.25, -0.2) is 9.48 Å². The summed E-state index contributed by atoms with van der Waals surface area (Å²) in [6.07, 6.45) is 1.03. The van der Waals surface area contributed by atoms with Crippen molar-refractivity contribution in [3.8, 4) is 0 Å². The lowest BCUT2D eigenvalue weighted by Crippen LogP contribution is -2.08. The Morgan fingerprint density at radius 1 is 1.73 bits per heavy atom. The third kappa shape index (κ3) is 1.72. The van der Waals surface area contributed by atoms with E-state index in [-0.39, 0.29) is 18.3 Å². The molecule has 0 radical (unpaired) electrons. The number of carbonyl (C=O) groups is 1. The van der Waals surface area contributed by atoms with Gasteiger partial charge in [-0.05, 0) is 12.3 Å². The molecule has 6 heteroatoms. The topological polar surface area (TPSA) is 77.2 Å². The van der Waals surface area contributed by atoms with Crippen molar-refractivity contribution in [1.82, 2.24) is 15.0 Å². The highest BCUT2D eigenvalue weighted by atomic mass is 16.5. The first-order chi connectivity index (χ1) is 7.15. The van der Waals surface area contributed by atoms with Crippen LogP contribution in [0.1, 0.15) is 35.6 Å². The quantitative estimate of drug-likeness (QED) is 0.793. The second-order valence-electron chi connectivity index (χ2n) is 3.85. The van der Waals surface area contributed by atoms with Gasteiger partial charge in [0.25, 0.3) is 0 Å². The van der Waals surface area contributed by atoms with Crippen LogP contribution in [-0.2, 0) is 11.3 Å². The van der Waals surface area contributed by atoms with Gasteiger partial charge in [0.15, 0.2) is 5.69 Å². The largest absolute Gasteiger partial charge is 0.476 e. The van der Waals surface area contributed by atoms with Crippen LogP contribution in [0.5, 0.6) is 0 Å². The fraction of sp³-hybridized carbons (Fsp3) is 0.667. The maximum atomic E-state index is 10.9. The van der Waals surface area contributed by atoms with Crippen molar-refractivity contribution in [2.75, 3.05) is 7.11 Å². The number of aromatic carboxylic acids is 1. The normalized spacial score (nSPS) is 24.1. The van der Waals surface area contributed by atoms with E-state index in [1.54, 1.807) is 4.68 Å². The number of hydrogen-bond acceptors (Lipinski definition) is 4. The molecule has 6 nitrogen and oxygen atoms in total. The van der Waals surface area contributed by atoms with Crippen molar-refractivity contribution < 1.29 is 14.6 Å². The van der Waals surface area contributed by atoms with Crippen LogP contribution >= 0.6 is 0 Å². The zero-order valence-corrected chi connectivity index (χ0v) is 8.67. The molecule has 2 atom stereocenters. The van der Waals surface area contributed by atoms with Crippen LogP contribution in [0.4, 0.5) is 0 Å². The Kier molecular flexibility index (Phi) is 2.44. The van der Waals surface area contributed by atoms with Crippen molar-refractivity contribution in [2.45, 2.75) is 26.0 Å². The Balaban J connectivity index is 2.33. The summed E-state index contributed by atoms with van der Waals surface area (Å²) in [6, 6.07) is 0.288. The van der Waals surface area contributed by atoms with E-state index in [0.29, 0.717) is 11.6 Å². The minimum Gasteiger partial charge on any atom is -0.476 e. The molecule has 0 saturated heterocycles. The predicted molar refractivity (Wildman–Crippen MR) is 50.5 cm³/mol. The van der Waals surface area contributed by atoms with Gasteiger partial charge < -0.3 is 9.84 Å². The number of nitrogens with zero attached hydrogens (tertiary/aromatic N) is 3. The van der Waals surface area contributed by atoms with Crippen molar-refractivity contribution in [1.29, 1.82) is 0 Å². The third-order valence-electron chi connectivity index (χ3n) is 2.66. The van der Waals surface area contributed by atoms with E-state index in [0.717, 1.165) is 6.42 Å². The highest BCUT2D eigenvalue weighted by molar-refractivity contribution is 5.86. The minimum atomic E-state index is -1.05. The molecule has 1 aliphatic carbocycles. The summed E-state index contributed by atoms with van der Waals surface area (Å²) in [7, 11) is 1.53. The Hall–Kier alpha value is -1.43. The summed E-state index contributed by atoms with van der Waals surface area (Å²) in [5, 5.41) is 16.4. The second kappa shape index (κ2) is 3.62. The van der Waals surface area contributed by atoms with Crippen molar-refractivity contribution in [2.24, 2.45) is 5.92 Å². The maximum Gasteiger partial charge on any atom is 0.358 e. The van der Waals surface area contributed by atoms with Gasteiger partial charge in [-0.1, -0.05) is 12.1 Å². The number of carboxylic acid groups (broad SMARTS) is 1. The van der Waals surface area contributed by atoms with Crippen LogP contribution in [0.3, 0.4) is 0 Å². The molecule has 1 aromatic heterocycles. The number of rotatable bonds is 4.